The van der Waals surface area contributed by atoms with Crippen molar-refractivity contribution in [2.45, 2.75) is 39.8 Å². The predicted molar refractivity (Wildman–Crippen MR) is 164 cm³/mol. The fraction of sp³-hybridized carbons (Fsp3) is 0.242. The van der Waals surface area contributed by atoms with Crippen molar-refractivity contribution in [1.29, 1.82) is 0 Å². The van der Waals surface area contributed by atoms with Gasteiger partial charge in [-0.3, -0.25) is 4.79 Å². The Bertz CT molecular complexity index is 1710. The number of nitrogens with zero attached hydrogens (tertiary/aromatic N) is 1. The number of hydrogen-bond acceptors (Lipinski definition) is 8. The molecule has 216 valence electrons. The van der Waals surface area contributed by atoms with Crippen LogP contribution in [0.1, 0.15) is 49.9 Å². The molecular weight excluding hydrogens is 552 g/mol. The molecule has 0 spiro atoms. The molecule has 0 fully saturated rings. The smallest absolute Gasteiger partial charge is 0.348 e. The Hall–Kier alpha value is -4.63. The zero-order valence-corrected chi connectivity index (χ0v) is 25.2. The van der Waals surface area contributed by atoms with Crippen LogP contribution in [0.2, 0.25) is 0 Å². The molecule has 1 N–H and O–H groups in total. The third-order valence-electron chi connectivity index (χ3n) is 7.12. The number of aryl methyl sites for hydroxylation is 2. The van der Waals surface area contributed by atoms with Gasteiger partial charge in [0.05, 0.1) is 24.0 Å². The number of likely N-dealkylation sites (N-methyl/N-ethyl adjacent to an activating group) is 1. The molecule has 0 atom stereocenters. The van der Waals surface area contributed by atoms with Crippen LogP contribution in [0.3, 0.4) is 0 Å². The van der Waals surface area contributed by atoms with E-state index in [1.807, 2.05) is 52.0 Å². The van der Waals surface area contributed by atoms with Gasteiger partial charge in [-0.1, -0.05) is 23.8 Å². The van der Waals surface area contributed by atoms with Gasteiger partial charge in [0.2, 0.25) is 0 Å². The van der Waals surface area contributed by atoms with E-state index in [1.165, 1.54) is 18.4 Å². The van der Waals surface area contributed by atoms with Gasteiger partial charge in [-0.25, -0.2) is 9.59 Å². The van der Waals surface area contributed by atoms with Gasteiger partial charge >= 0.3 is 11.9 Å². The first-order valence-electron chi connectivity index (χ1n) is 13.4. The molecule has 3 aromatic carbocycles. The van der Waals surface area contributed by atoms with E-state index in [2.05, 4.69) is 5.32 Å². The number of carbonyl (C=O) groups excluding carboxylic acids is 3. The standard InChI is InChI=1S/C33H32N2O6S/c1-19-8-7-9-21(16-19)30(36)41-22-11-12-24(27(17-22)39-6)23-13-14-26-29(35(5)32(38)33(3,4)34-26)25(23)18-40-31(37)28-15-10-20(2)42-28/h7-17,34H,18H2,1-6H3. The second kappa shape index (κ2) is 11.3. The maximum Gasteiger partial charge on any atom is 0.348 e. The Balaban J connectivity index is 1.54. The quantitative estimate of drug-likeness (QED) is 0.189. The van der Waals surface area contributed by atoms with Gasteiger partial charge in [0.25, 0.3) is 5.91 Å². The van der Waals surface area contributed by atoms with Gasteiger partial charge in [-0.15, -0.1) is 11.3 Å². The van der Waals surface area contributed by atoms with Crippen molar-refractivity contribution in [3.8, 4) is 22.6 Å². The molecule has 0 radical (unpaired) electrons. The van der Waals surface area contributed by atoms with E-state index in [0.717, 1.165) is 16.1 Å². The van der Waals surface area contributed by atoms with Gasteiger partial charge in [0, 0.05) is 29.1 Å². The third-order valence-corrected chi connectivity index (χ3v) is 8.10. The second-order valence-corrected chi connectivity index (χ2v) is 12.0. The number of benzene rings is 3. The molecule has 0 saturated carbocycles. The Morgan fingerprint density at radius 3 is 2.40 bits per heavy atom. The predicted octanol–water partition coefficient (Wildman–Crippen LogP) is 6.78. The molecule has 1 aliphatic rings. The summed E-state index contributed by atoms with van der Waals surface area (Å²) in [5, 5.41) is 3.32. The van der Waals surface area contributed by atoms with Crippen LogP contribution in [0.15, 0.2) is 66.7 Å². The molecule has 0 aliphatic carbocycles. The van der Waals surface area contributed by atoms with Gasteiger partial charge in [-0.2, -0.15) is 0 Å². The number of amides is 1. The summed E-state index contributed by atoms with van der Waals surface area (Å²) in [5.74, 6) is -0.285. The van der Waals surface area contributed by atoms with Gasteiger partial charge in [-0.05, 0) is 75.7 Å². The fourth-order valence-corrected chi connectivity index (χ4v) is 5.84. The van der Waals surface area contributed by atoms with Crippen molar-refractivity contribution in [3.05, 3.63) is 93.2 Å². The van der Waals surface area contributed by atoms with Crippen molar-refractivity contribution in [3.63, 3.8) is 0 Å². The van der Waals surface area contributed by atoms with Crippen LogP contribution in [0, 0.1) is 13.8 Å². The van der Waals surface area contributed by atoms with Crippen LogP contribution in [0.25, 0.3) is 11.1 Å². The number of thiophene rings is 1. The average Bonchev–Trinajstić information content (AvgIpc) is 3.40. The summed E-state index contributed by atoms with van der Waals surface area (Å²) in [6.07, 6.45) is 0. The number of anilines is 2. The van der Waals surface area contributed by atoms with Crippen molar-refractivity contribution < 1.29 is 28.6 Å². The number of ether oxygens (including phenoxy) is 3. The van der Waals surface area contributed by atoms with Crippen LogP contribution < -0.4 is 19.7 Å². The fourth-order valence-electron chi connectivity index (χ4n) is 5.08. The summed E-state index contributed by atoms with van der Waals surface area (Å²) < 4.78 is 17.2. The lowest BCUT2D eigenvalue weighted by molar-refractivity contribution is -0.121. The van der Waals surface area contributed by atoms with E-state index >= 15 is 0 Å². The highest BCUT2D eigenvalue weighted by molar-refractivity contribution is 7.13. The molecule has 0 bridgehead atoms. The number of rotatable bonds is 7. The molecule has 5 rings (SSSR count). The Kier molecular flexibility index (Phi) is 7.79. The van der Waals surface area contributed by atoms with E-state index in [4.69, 9.17) is 14.2 Å². The normalized spacial score (nSPS) is 13.7. The van der Waals surface area contributed by atoms with E-state index in [0.29, 0.717) is 44.3 Å². The lowest BCUT2D eigenvalue weighted by atomic mass is 9.91. The summed E-state index contributed by atoms with van der Waals surface area (Å²) in [5.41, 5.74) is 3.96. The number of methoxy groups -OCH3 is 1. The first-order chi connectivity index (χ1) is 20.0. The molecule has 1 amide bonds. The Morgan fingerprint density at radius 2 is 1.71 bits per heavy atom. The van der Waals surface area contributed by atoms with Gasteiger partial charge < -0.3 is 24.4 Å². The number of esters is 2. The second-order valence-electron chi connectivity index (χ2n) is 10.7. The average molecular weight is 585 g/mol. The number of nitrogens with one attached hydrogen (secondary N) is 1. The maximum atomic E-state index is 13.3. The van der Waals surface area contributed by atoms with E-state index < -0.39 is 17.5 Å². The van der Waals surface area contributed by atoms with Crippen LogP contribution in [-0.2, 0) is 16.1 Å². The van der Waals surface area contributed by atoms with E-state index in [1.54, 1.807) is 54.4 Å². The molecule has 4 aromatic rings. The summed E-state index contributed by atoms with van der Waals surface area (Å²) in [4.78, 5) is 42.1. The topological polar surface area (TPSA) is 94.2 Å². The summed E-state index contributed by atoms with van der Waals surface area (Å²) >= 11 is 1.36. The molecule has 8 nitrogen and oxygen atoms in total. The zero-order chi connectivity index (χ0) is 30.2. The number of fused-ring (bicyclic) bond motifs is 1. The van der Waals surface area contributed by atoms with Crippen LogP contribution in [-0.4, -0.2) is 37.5 Å². The lowest BCUT2D eigenvalue weighted by Crippen LogP contribution is -2.52. The van der Waals surface area contributed by atoms with Crippen molar-refractivity contribution >= 4 is 40.6 Å². The summed E-state index contributed by atoms with van der Waals surface area (Å²) in [7, 11) is 3.24. The molecule has 9 heteroatoms. The molecule has 0 saturated heterocycles. The highest BCUT2D eigenvalue weighted by atomic mass is 32.1. The van der Waals surface area contributed by atoms with Crippen molar-refractivity contribution in [2.75, 3.05) is 24.4 Å². The SMILES string of the molecule is COc1cc(OC(=O)c2cccc(C)c2)ccc1-c1ccc2c(c1COC(=O)c1ccc(C)s1)N(C)C(=O)C(C)(C)N2. The third kappa shape index (κ3) is 5.60. The van der Waals surface area contributed by atoms with E-state index in [9.17, 15) is 14.4 Å². The molecule has 42 heavy (non-hydrogen) atoms. The zero-order valence-electron chi connectivity index (χ0n) is 24.4. The van der Waals surface area contributed by atoms with Gasteiger partial charge in [0.1, 0.15) is 28.5 Å². The monoisotopic (exact) mass is 584 g/mol. The van der Waals surface area contributed by atoms with Crippen LogP contribution in [0.5, 0.6) is 11.5 Å². The summed E-state index contributed by atoms with van der Waals surface area (Å²) in [6.45, 7) is 7.39. The lowest BCUT2D eigenvalue weighted by Gasteiger charge is -2.39. The number of carbonyl (C=O) groups is 3. The first-order valence-corrected chi connectivity index (χ1v) is 14.2. The number of hydrogen-bond donors (Lipinski definition) is 1. The maximum absolute atomic E-state index is 13.3. The van der Waals surface area contributed by atoms with E-state index in [-0.39, 0.29) is 12.5 Å². The molecule has 1 aliphatic heterocycles. The highest BCUT2D eigenvalue weighted by Gasteiger charge is 2.39. The molecule has 1 aromatic heterocycles. The van der Waals surface area contributed by atoms with Crippen molar-refractivity contribution in [1.82, 2.24) is 0 Å². The highest BCUT2D eigenvalue weighted by Crippen LogP contribution is 2.45. The van der Waals surface area contributed by atoms with Crippen LogP contribution in [0.4, 0.5) is 11.4 Å². The van der Waals surface area contributed by atoms with Gasteiger partial charge in [0.15, 0.2) is 0 Å². The minimum atomic E-state index is -0.813. The summed E-state index contributed by atoms with van der Waals surface area (Å²) in [6, 6.07) is 19.7. The molecule has 0 unspecified atom stereocenters. The Labute approximate surface area is 248 Å². The van der Waals surface area contributed by atoms with Crippen molar-refractivity contribution in [2.24, 2.45) is 0 Å². The first kappa shape index (κ1) is 28.9. The minimum absolute atomic E-state index is 0.0821. The minimum Gasteiger partial charge on any atom is -0.496 e. The molecular formula is C33H32N2O6S. The largest absolute Gasteiger partial charge is 0.496 e. The molecule has 2 heterocycles. The Morgan fingerprint density at radius 1 is 0.952 bits per heavy atom. The van der Waals surface area contributed by atoms with Crippen LogP contribution >= 0.6 is 11.3 Å².